The van der Waals surface area contributed by atoms with E-state index < -0.39 is 0 Å². The topological polar surface area (TPSA) is 35.6 Å². The minimum absolute atomic E-state index is 0.00237. The number of hydrogen-bond donors (Lipinski definition) is 1. The molecule has 1 amide bonds. The first-order chi connectivity index (χ1) is 12.6. The average molecular weight is 416 g/mol. The molecule has 26 heavy (non-hydrogen) atoms. The third-order valence-electron chi connectivity index (χ3n) is 4.83. The van der Waals surface area contributed by atoms with Crippen molar-refractivity contribution in [1.82, 2.24) is 15.1 Å². The van der Waals surface area contributed by atoms with Gasteiger partial charge in [0.1, 0.15) is 0 Å². The fraction of sp³-hybridized carbons (Fsp3) is 0.381. The van der Waals surface area contributed by atoms with Crippen LogP contribution in [0.3, 0.4) is 0 Å². The molecule has 0 aromatic heterocycles. The lowest BCUT2D eigenvalue weighted by Gasteiger charge is -2.34. The van der Waals surface area contributed by atoms with Gasteiger partial charge in [-0.25, -0.2) is 0 Å². The zero-order valence-corrected chi connectivity index (χ0v) is 16.8. The van der Waals surface area contributed by atoms with E-state index in [1.807, 2.05) is 31.2 Å². The van der Waals surface area contributed by atoms with Crippen LogP contribution in [0.4, 0.5) is 0 Å². The Morgan fingerprint density at radius 2 is 1.62 bits per heavy atom. The molecular weight excluding hydrogens is 390 g/mol. The van der Waals surface area contributed by atoms with Crippen molar-refractivity contribution in [3.63, 3.8) is 0 Å². The molecule has 5 heteroatoms. The fourth-order valence-corrected chi connectivity index (χ4v) is 3.97. The van der Waals surface area contributed by atoms with Crippen LogP contribution >= 0.6 is 15.9 Å². The van der Waals surface area contributed by atoms with Crippen molar-refractivity contribution < 1.29 is 4.79 Å². The number of carbonyl (C=O) groups is 1. The summed E-state index contributed by atoms with van der Waals surface area (Å²) in [6.45, 7) is 7.35. The zero-order chi connectivity index (χ0) is 18.4. The van der Waals surface area contributed by atoms with E-state index in [0.717, 1.165) is 42.8 Å². The van der Waals surface area contributed by atoms with Crippen molar-refractivity contribution in [2.45, 2.75) is 19.5 Å². The molecular formula is C21H26BrN3O. The second kappa shape index (κ2) is 9.31. The Morgan fingerprint density at radius 1 is 1.00 bits per heavy atom. The zero-order valence-electron chi connectivity index (χ0n) is 15.2. The number of nitrogens with one attached hydrogen (secondary N) is 1. The number of amides is 1. The monoisotopic (exact) mass is 415 g/mol. The van der Waals surface area contributed by atoms with E-state index in [-0.39, 0.29) is 11.9 Å². The van der Waals surface area contributed by atoms with Crippen molar-refractivity contribution >= 4 is 21.8 Å². The van der Waals surface area contributed by atoms with Gasteiger partial charge in [-0.2, -0.15) is 0 Å². The third-order valence-corrected chi connectivity index (χ3v) is 5.55. The maximum atomic E-state index is 12.4. The number of hydrogen-bond acceptors (Lipinski definition) is 3. The van der Waals surface area contributed by atoms with Gasteiger partial charge in [-0.3, -0.25) is 14.6 Å². The predicted octanol–water partition coefficient (Wildman–Crippen LogP) is 3.44. The van der Waals surface area contributed by atoms with E-state index in [1.165, 1.54) is 5.56 Å². The molecule has 138 valence electrons. The van der Waals surface area contributed by atoms with Gasteiger partial charge < -0.3 is 5.32 Å². The lowest BCUT2D eigenvalue weighted by molar-refractivity contribution is -0.123. The van der Waals surface area contributed by atoms with Crippen LogP contribution in [0.1, 0.15) is 24.1 Å². The summed E-state index contributed by atoms with van der Waals surface area (Å²) in [4.78, 5) is 17.1. The van der Waals surface area contributed by atoms with Crippen LogP contribution in [0.5, 0.6) is 0 Å². The first-order valence-corrected chi connectivity index (χ1v) is 9.93. The summed E-state index contributed by atoms with van der Waals surface area (Å²) < 4.78 is 1.03. The fourth-order valence-electron chi connectivity index (χ4n) is 3.34. The molecule has 1 heterocycles. The number of halogens is 1. The standard InChI is InChI=1S/C21H26BrN3O/c1-17(19-9-5-6-10-20(19)22)23-21(26)16-25-13-11-24(12-14-25)15-18-7-3-2-4-8-18/h2-10,17H,11-16H2,1H3,(H,23,26)/t17-/m1/s1. The number of rotatable bonds is 6. The van der Waals surface area contributed by atoms with Crippen molar-refractivity contribution in [2.75, 3.05) is 32.7 Å². The number of benzene rings is 2. The maximum absolute atomic E-state index is 12.4. The molecule has 1 atom stereocenters. The molecule has 0 saturated carbocycles. The Morgan fingerprint density at radius 3 is 2.31 bits per heavy atom. The molecule has 0 spiro atoms. The second-order valence-corrected chi connectivity index (χ2v) is 7.70. The van der Waals surface area contributed by atoms with Crippen molar-refractivity contribution in [3.8, 4) is 0 Å². The molecule has 1 fully saturated rings. The molecule has 1 N–H and O–H groups in total. The summed E-state index contributed by atoms with van der Waals surface area (Å²) in [6.07, 6.45) is 0. The van der Waals surface area contributed by atoms with Gasteiger partial charge in [0.05, 0.1) is 12.6 Å². The van der Waals surface area contributed by atoms with Crippen LogP contribution in [-0.2, 0) is 11.3 Å². The van der Waals surface area contributed by atoms with E-state index in [9.17, 15) is 4.79 Å². The predicted molar refractivity (Wildman–Crippen MR) is 109 cm³/mol. The van der Waals surface area contributed by atoms with Gasteiger partial charge in [0, 0.05) is 37.2 Å². The van der Waals surface area contributed by atoms with Crippen molar-refractivity contribution in [1.29, 1.82) is 0 Å². The maximum Gasteiger partial charge on any atom is 0.234 e. The molecule has 4 nitrogen and oxygen atoms in total. The van der Waals surface area contributed by atoms with Crippen LogP contribution in [0.25, 0.3) is 0 Å². The molecule has 0 unspecified atom stereocenters. The van der Waals surface area contributed by atoms with Gasteiger partial charge in [0.15, 0.2) is 0 Å². The van der Waals surface area contributed by atoms with E-state index in [1.54, 1.807) is 0 Å². The van der Waals surface area contributed by atoms with E-state index in [0.29, 0.717) is 6.54 Å². The summed E-state index contributed by atoms with van der Waals surface area (Å²) in [5, 5.41) is 3.11. The van der Waals surface area contributed by atoms with Crippen molar-refractivity contribution in [3.05, 3.63) is 70.2 Å². The molecule has 0 bridgehead atoms. The third kappa shape index (κ3) is 5.40. The Balaban J connectivity index is 1.43. The normalized spacial score (nSPS) is 17.0. The average Bonchev–Trinajstić information content (AvgIpc) is 2.64. The molecule has 1 aliphatic heterocycles. The number of nitrogens with zero attached hydrogens (tertiary/aromatic N) is 2. The van der Waals surface area contributed by atoms with Crippen LogP contribution < -0.4 is 5.32 Å². The van der Waals surface area contributed by atoms with Crippen LogP contribution in [0, 0.1) is 0 Å². The van der Waals surface area contributed by atoms with E-state index in [4.69, 9.17) is 0 Å². The number of carbonyl (C=O) groups excluding carboxylic acids is 1. The van der Waals surface area contributed by atoms with Gasteiger partial charge in [-0.15, -0.1) is 0 Å². The summed E-state index contributed by atoms with van der Waals surface area (Å²) in [7, 11) is 0. The molecule has 2 aromatic rings. The molecule has 2 aromatic carbocycles. The highest BCUT2D eigenvalue weighted by atomic mass is 79.9. The van der Waals surface area contributed by atoms with E-state index >= 15 is 0 Å². The van der Waals surface area contributed by atoms with Gasteiger partial charge in [-0.05, 0) is 24.1 Å². The van der Waals surface area contributed by atoms with Crippen LogP contribution in [0.2, 0.25) is 0 Å². The lowest BCUT2D eigenvalue weighted by atomic mass is 10.1. The summed E-state index contributed by atoms with van der Waals surface area (Å²) >= 11 is 3.55. The van der Waals surface area contributed by atoms with Crippen LogP contribution in [0.15, 0.2) is 59.1 Å². The Hall–Kier alpha value is -1.69. The number of piperazine rings is 1. The Labute approximate surface area is 164 Å². The van der Waals surface area contributed by atoms with Crippen LogP contribution in [-0.4, -0.2) is 48.4 Å². The van der Waals surface area contributed by atoms with Crippen molar-refractivity contribution in [2.24, 2.45) is 0 Å². The smallest absolute Gasteiger partial charge is 0.234 e. The minimum Gasteiger partial charge on any atom is -0.348 e. The first kappa shape index (κ1) is 19.1. The summed E-state index contributed by atoms with van der Waals surface area (Å²) in [5.74, 6) is 0.0877. The van der Waals surface area contributed by atoms with Gasteiger partial charge >= 0.3 is 0 Å². The second-order valence-electron chi connectivity index (χ2n) is 6.85. The van der Waals surface area contributed by atoms with E-state index in [2.05, 4.69) is 61.4 Å². The molecule has 3 rings (SSSR count). The highest BCUT2D eigenvalue weighted by Gasteiger charge is 2.20. The summed E-state index contributed by atoms with van der Waals surface area (Å²) in [5.41, 5.74) is 2.45. The molecule has 0 aliphatic carbocycles. The first-order valence-electron chi connectivity index (χ1n) is 9.14. The largest absolute Gasteiger partial charge is 0.348 e. The lowest BCUT2D eigenvalue weighted by Crippen LogP contribution is -2.49. The van der Waals surface area contributed by atoms with Gasteiger partial charge in [-0.1, -0.05) is 64.5 Å². The molecule has 1 saturated heterocycles. The Kier molecular flexibility index (Phi) is 6.83. The highest BCUT2D eigenvalue weighted by molar-refractivity contribution is 9.10. The molecule has 0 radical (unpaired) electrons. The minimum atomic E-state index is -0.00237. The summed E-state index contributed by atoms with van der Waals surface area (Å²) in [6, 6.07) is 18.6. The quantitative estimate of drug-likeness (QED) is 0.784. The van der Waals surface area contributed by atoms with Gasteiger partial charge in [0.2, 0.25) is 5.91 Å². The Bertz CT molecular complexity index is 714. The van der Waals surface area contributed by atoms with Gasteiger partial charge in [0.25, 0.3) is 0 Å². The molecule has 1 aliphatic rings. The SMILES string of the molecule is C[C@@H](NC(=O)CN1CCN(Cc2ccccc2)CC1)c1ccccc1Br. The highest BCUT2D eigenvalue weighted by Crippen LogP contribution is 2.22.